The van der Waals surface area contributed by atoms with Crippen molar-refractivity contribution >= 4 is 17.3 Å². The highest BCUT2D eigenvalue weighted by Crippen LogP contribution is 2.37. The van der Waals surface area contributed by atoms with Crippen molar-refractivity contribution in [3.8, 4) is 0 Å². The first-order valence-electron chi connectivity index (χ1n) is 11.0. The topological polar surface area (TPSA) is 35.6 Å². The SMILES string of the molecule is O=C(NCc1ccc(F)cc1)C1Cc2ccccc2N2CCN(c3ccc(F)cc3)CC12. The number of anilines is 2. The lowest BCUT2D eigenvalue weighted by Gasteiger charge is -2.49. The van der Waals surface area contributed by atoms with Gasteiger partial charge in [-0.2, -0.15) is 0 Å². The molecule has 2 aliphatic rings. The predicted molar refractivity (Wildman–Crippen MR) is 122 cm³/mol. The highest BCUT2D eigenvalue weighted by Gasteiger charge is 2.41. The van der Waals surface area contributed by atoms with Crippen molar-refractivity contribution in [3.05, 3.63) is 95.6 Å². The first-order valence-corrected chi connectivity index (χ1v) is 11.0. The van der Waals surface area contributed by atoms with E-state index in [4.69, 9.17) is 0 Å². The summed E-state index contributed by atoms with van der Waals surface area (Å²) in [5.74, 6) is -0.756. The third-order valence-corrected chi connectivity index (χ3v) is 6.53. The molecule has 0 saturated carbocycles. The van der Waals surface area contributed by atoms with Gasteiger partial charge in [-0.25, -0.2) is 8.78 Å². The fourth-order valence-corrected chi connectivity index (χ4v) is 4.87. The zero-order chi connectivity index (χ0) is 22.1. The Labute approximate surface area is 186 Å². The van der Waals surface area contributed by atoms with Gasteiger partial charge in [0, 0.05) is 37.6 Å². The van der Waals surface area contributed by atoms with Crippen LogP contribution in [0.5, 0.6) is 0 Å². The van der Waals surface area contributed by atoms with E-state index < -0.39 is 0 Å². The Bertz CT molecular complexity index is 1100. The summed E-state index contributed by atoms with van der Waals surface area (Å²) in [6.45, 7) is 2.65. The van der Waals surface area contributed by atoms with E-state index in [2.05, 4.69) is 27.2 Å². The highest BCUT2D eigenvalue weighted by molar-refractivity contribution is 5.82. The fourth-order valence-electron chi connectivity index (χ4n) is 4.87. The lowest BCUT2D eigenvalue weighted by Crippen LogP contribution is -2.61. The number of hydrogen-bond donors (Lipinski definition) is 1. The lowest BCUT2D eigenvalue weighted by molar-refractivity contribution is -0.126. The van der Waals surface area contributed by atoms with Crippen LogP contribution in [-0.4, -0.2) is 31.6 Å². The second-order valence-electron chi connectivity index (χ2n) is 8.47. The van der Waals surface area contributed by atoms with Crippen LogP contribution < -0.4 is 15.1 Å². The van der Waals surface area contributed by atoms with Gasteiger partial charge in [0.15, 0.2) is 0 Å². The number of piperazine rings is 1. The minimum absolute atomic E-state index is 0.000200. The van der Waals surface area contributed by atoms with Crippen molar-refractivity contribution in [2.45, 2.75) is 19.0 Å². The summed E-state index contributed by atoms with van der Waals surface area (Å²) in [5.41, 5.74) is 4.21. The third-order valence-electron chi connectivity index (χ3n) is 6.53. The summed E-state index contributed by atoms with van der Waals surface area (Å²) in [5, 5.41) is 3.06. The first kappa shape index (κ1) is 20.5. The van der Waals surface area contributed by atoms with Crippen molar-refractivity contribution in [2.24, 2.45) is 5.92 Å². The molecule has 2 atom stereocenters. The van der Waals surface area contributed by atoms with Crippen molar-refractivity contribution in [2.75, 3.05) is 29.4 Å². The molecule has 4 nitrogen and oxygen atoms in total. The zero-order valence-corrected chi connectivity index (χ0v) is 17.7. The number of amides is 1. The molecule has 1 amide bonds. The summed E-state index contributed by atoms with van der Waals surface area (Å²) in [6, 6.07) is 21.0. The Kier molecular flexibility index (Phi) is 5.52. The number of benzene rings is 3. The van der Waals surface area contributed by atoms with E-state index >= 15 is 0 Å². The number of rotatable bonds is 4. The van der Waals surface area contributed by atoms with Gasteiger partial charge in [-0.05, 0) is 60.0 Å². The molecule has 5 rings (SSSR count). The number of para-hydroxylation sites is 1. The molecule has 32 heavy (non-hydrogen) atoms. The molecule has 2 unspecified atom stereocenters. The van der Waals surface area contributed by atoms with Crippen LogP contribution in [0.15, 0.2) is 72.8 Å². The average Bonchev–Trinajstić information content (AvgIpc) is 2.83. The maximum absolute atomic E-state index is 13.4. The van der Waals surface area contributed by atoms with Crippen molar-refractivity contribution in [1.29, 1.82) is 0 Å². The zero-order valence-electron chi connectivity index (χ0n) is 17.7. The molecular weight excluding hydrogens is 408 g/mol. The summed E-state index contributed by atoms with van der Waals surface area (Å²) < 4.78 is 26.6. The fraction of sp³-hybridized carbons (Fsp3) is 0.269. The van der Waals surface area contributed by atoms with Crippen LogP contribution >= 0.6 is 0 Å². The van der Waals surface area contributed by atoms with Crippen LogP contribution in [0.4, 0.5) is 20.2 Å². The Morgan fingerprint density at radius 3 is 2.34 bits per heavy atom. The average molecular weight is 434 g/mol. The summed E-state index contributed by atoms with van der Waals surface area (Å²) in [7, 11) is 0. The van der Waals surface area contributed by atoms with Crippen molar-refractivity contribution in [1.82, 2.24) is 5.32 Å². The summed E-state index contributed by atoms with van der Waals surface area (Å²) >= 11 is 0. The molecule has 1 fully saturated rings. The Morgan fingerprint density at radius 1 is 0.906 bits per heavy atom. The van der Waals surface area contributed by atoms with Crippen LogP contribution in [0, 0.1) is 17.6 Å². The maximum Gasteiger partial charge on any atom is 0.225 e. The van der Waals surface area contributed by atoms with E-state index in [1.54, 1.807) is 24.3 Å². The summed E-state index contributed by atoms with van der Waals surface area (Å²) in [4.78, 5) is 17.9. The largest absolute Gasteiger partial charge is 0.368 e. The number of fused-ring (bicyclic) bond motifs is 3. The van der Waals surface area contributed by atoms with E-state index in [1.165, 1.54) is 35.5 Å². The van der Waals surface area contributed by atoms with Crippen molar-refractivity contribution < 1.29 is 13.6 Å². The van der Waals surface area contributed by atoms with Gasteiger partial charge >= 0.3 is 0 Å². The molecule has 1 saturated heterocycles. The van der Waals surface area contributed by atoms with Gasteiger partial charge < -0.3 is 15.1 Å². The molecule has 0 bridgehead atoms. The van der Waals surface area contributed by atoms with Crippen LogP contribution in [-0.2, 0) is 17.8 Å². The van der Waals surface area contributed by atoms with Crippen molar-refractivity contribution in [3.63, 3.8) is 0 Å². The molecule has 0 aromatic heterocycles. The number of halogens is 2. The van der Waals surface area contributed by atoms with Gasteiger partial charge in [0.2, 0.25) is 5.91 Å². The van der Waals surface area contributed by atoms with Crippen LogP contribution in [0.1, 0.15) is 11.1 Å². The molecule has 3 aromatic carbocycles. The van der Waals surface area contributed by atoms with E-state index in [0.29, 0.717) is 19.5 Å². The molecule has 3 aromatic rings. The summed E-state index contributed by atoms with van der Waals surface area (Å²) in [6.07, 6.45) is 0.670. The standard InChI is InChI=1S/C26H25F2N3O/c27-20-7-5-18(6-8-20)16-29-26(32)23-15-19-3-1-2-4-24(19)31-14-13-30(17-25(23)31)22-11-9-21(28)10-12-22/h1-12,23,25H,13-17H2,(H,29,32). The van der Waals surface area contributed by atoms with Gasteiger partial charge in [-0.3, -0.25) is 4.79 Å². The van der Waals surface area contributed by atoms with E-state index in [0.717, 1.165) is 24.3 Å². The van der Waals surface area contributed by atoms with Crippen LogP contribution in [0.2, 0.25) is 0 Å². The molecule has 2 heterocycles. The van der Waals surface area contributed by atoms with Gasteiger partial charge in [0.25, 0.3) is 0 Å². The second-order valence-corrected chi connectivity index (χ2v) is 8.47. The van der Waals surface area contributed by atoms with Crippen LogP contribution in [0.25, 0.3) is 0 Å². The number of carbonyl (C=O) groups excluding carboxylic acids is 1. The van der Waals surface area contributed by atoms with Gasteiger partial charge in [0.05, 0.1) is 12.0 Å². The second kappa shape index (κ2) is 8.61. The Hall–Kier alpha value is -3.41. The van der Waals surface area contributed by atoms with E-state index in [9.17, 15) is 13.6 Å². The van der Waals surface area contributed by atoms with Gasteiger partial charge in [-0.15, -0.1) is 0 Å². The van der Waals surface area contributed by atoms with Crippen LogP contribution in [0.3, 0.4) is 0 Å². The normalized spacial score (nSPS) is 19.8. The van der Waals surface area contributed by atoms with E-state index in [-0.39, 0.29) is 29.5 Å². The number of nitrogens with zero attached hydrogens (tertiary/aromatic N) is 2. The molecule has 0 radical (unpaired) electrons. The maximum atomic E-state index is 13.4. The molecule has 6 heteroatoms. The Balaban J connectivity index is 1.38. The predicted octanol–water partition coefficient (Wildman–Crippen LogP) is 4.15. The lowest BCUT2D eigenvalue weighted by atomic mass is 9.83. The number of hydrogen-bond acceptors (Lipinski definition) is 3. The molecule has 0 aliphatic carbocycles. The molecule has 164 valence electrons. The smallest absolute Gasteiger partial charge is 0.225 e. The first-order chi connectivity index (χ1) is 15.6. The monoisotopic (exact) mass is 433 g/mol. The molecular formula is C26H25F2N3O. The molecule has 0 spiro atoms. The number of nitrogens with one attached hydrogen (secondary N) is 1. The highest BCUT2D eigenvalue weighted by atomic mass is 19.1. The van der Waals surface area contributed by atoms with Gasteiger partial charge in [-0.1, -0.05) is 30.3 Å². The van der Waals surface area contributed by atoms with E-state index in [1.807, 2.05) is 12.1 Å². The third kappa shape index (κ3) is 4.05. The quantitative estimate of drug-likeness (QED) is 0.672. The Morgan fingerprint density at radius 2 is 1.59 bits per heavy atom. The number of carbonyl (C=O) groups is 1. The molecule has 2 aliphatic heterocycles. The minimum Gasteiger partial charge on any atom is -0.368 e. The minimum atomic E-state index is -0.289. The molecule has 1 N–H and O–H groups in total. The van der Waals surface area contributed by atoms with Gasteiger partial charge in [0.1, 0.15) is 11.6 Å².